The molecule has 1 N–H and O–H groups in total. The molecule has 0 fully saturated rings. The number of benzene rings is 1. The third kappa shape index (κ3) is 3.06. The van der Waals surface area contributed by atoms with Gasteiger partial charge in [-0.25, -0.2) is 4.39 Å². The second-order valence-electron chi connectivity index (χ2n) is 1.89. The van der Waals surface area contributed by atoms with Crippen LogP contribution in [0.1, 0.15) is 13.8 Å². The number of hydrogen-bond acceptors (Lipinski definition) is 3. The van der Waals surface area contributed by atoms with Gasteiger partial charge in [0.1, 0.15) is 0 Å². The Bertz CT molecular complexity index is 301. The molecule has 0 saturated carbocycles. The lowest BCUT2D eigenvalue weighted by atomic mass is 10.3. The molecule has 0 saturated heterocycles. The van der Waals surface area contributed by atoms with E-state index in [2.05, 4.69) is 0 Å². The molecule has 5 heteroatoms. The Hall–Kier alpha value is -1.65. The van der Waals surface area contributed by atoms with Crippen LogP contribution in [0.4, 0.5) is 10.1 Å². The summed E-state index contributed by atoms with van der Waals surface area (Å²) in [5.74, 6) is -1.57. The van der Waals surface area contributed by atoms with Crippen molar-refractivity contribution in [1.29, 1.82) is 0 Å². The van der Waals surface area contributed by atoms with Gasteiger partial charge in [-0.3, -0.25) is 10.1 Å². The van der Waals surface area contributed by atoms with Gasteiger partial charge >= 0.3 is 0 Å². The van der Waals surface area contributed by atoms with Crippen LogP contribution in [0.2, 0.25) is 0 Å². The maximum absolute atomic E-state index is 12.3. The first-order valence-electron chi connectivity index (χ1n) is 3.74. The van der Waals surface area contributed by atoms with E-state index < -0.39 is 16.5 Å². The van der Waals surface area contributed by atoms with E-state index in [9.17, 15) is 14.5 Å². The van der Waals surface area contributed by atoms with E-state index in [1.807, 2.05) is 13.8 Å². The predicted octanol–water partition coefficient (Wildman–Crippen LogP) is 2.47. The van der Waals surface area contributed by atoms with Crippen LogP contribution in [-0.2, 0) is 0 Å². The Kier molecular flexibility index (Phi) is 4.43. The molecular formula is C8H10FNO3. The summed E-state index contributed by atoms with van der Waals surface area (Å²) in [5, 5.41) is 18.7. The van der Waals surface area contributed by atoms with E-state index in [-0.39, 0.29) is 5.69 Å². The van der Waals surface area contributed by atoms with Gasteiger partial charge < -0.3 is 5.11 Å². The predicted molar refractivity (Wildman–Crippen MR) is 46.1 cm³/mol. The summed E-state index contributed by atoms with van der Waals surface area (Å²) < 4.78 is 12.3. The minimum absolute atomic E-state index is 0.330. The van der Waals surface area contributed by atoms with Gasteiger partial charge in [0.05, 0.1) is 11.0 Å². The summed E-state index contributed by atoms with van der Waals surface area (Å²) >= 11 is 0. The molecule has 0 heterocycles. The van der Waals surface area contributed by atoms with Gasteiger partial charge in [-0.15, -0.1) is 0 Å². The Morgan fingerprint density at radius 1 is 1.46 bits per heavy atom. The Labute approximate surface area is 74.8 Å². The quantitative estimate of drug-likeness (QED) is 0.542. The lowest BCUT2D eigenvalue weighted by molar-refractivity contribution is -0.385. The number of nitro groups is 1. The van der Waals surface area contributed by atoms with Crippen molar-refractivity contribution >= 4 is 5.69 Å². The van der Waals surface area contributed by atoms with Gasteiger partial charge in [0.25, 0.3) is 5.69 Å². The number of hydrogen-bond donors (Lipinski definition) is 1. The highest BCUT2D eigenvalue weighted by Crippen LogP contribution is 2.21. The molecule has 0 atom stereocenters. The smallest absolute Gasteiger partial charge is 0.273 e. The van der Waals surface area contributed by atoms with Crippen LogP contribution in [0.15, 0.2) is 18.2 Å². The van der Waals surface area contributed by atoms with Crippen LogP contribution in [-0.4, -0.2) is 10.0 Å². The molecule has 0 spiro atoms. The SMILES string of the molecule is CC.O=[N+]([O-])c1ccc(F)c(O)c1. The van der Waals surface area contributed by atoms with Crippen molar-refractivity contribution in [3.63, 3.8) is 0 Å². The van der Waals surface area contributed by atoms with Crippen molar-refractivity contribution in [2.45, 2.75) is 13.8 Å². The van der Waals surface area contributed by atoms with Crippen molar-refractivity contribution in [2.24, 2.45) is 0 Å². The molecule has 0 bridgehead atoms. The van der Waals surface area contributed by atoms with E-state index in [0.29, 0.717) is 0 Å². The Morgan fingerprint density at radius 3 is 2.38 bits per heavy atom. The van der Waals surface area contributed by atoms with Gasteiger partial charge in [0.15, 0.2) is 11.6 Å². The highest BCUT2D eigenvalue weighted by atomic mass is 19.1. The minimum atomic E-state index is -0.865. The van der Waals surface area contributed by atoms with Crippen LogP contribution in [0.3, 0.4) is 0 Å². The average molecular weight is 187 g/mol. The molecule has 0 unspecified atom stereocenters. The van der Waals surface area contributed by atoms with E-state index in [0.717, 1.165) is 18.2 Å². The first-order valence-corrected chi connectivity index (χ1v) is 3.74. The third-order valence-electron chi connectivity index (χ3n) is 1.14. The summed E-state index contributed by atoms with van der Waals surface area (Å²) in [6, 6.07) is 2.58. The fraction of sp³-hybridized carbons (Fsp3) is 0.250. The lowest BCUT2D eigenvalue weighted by Crippen LogP contribution is -1.87. The lowest BCUT2D eigenvalue weighted by Gasteiger charge is -1.93. The standard InChI is InChI=1S/C6H4FNO3.C2H6/c7-5-2-1-4(8(10)11)3-6(5)9;1-2/h1-3,9H;1-2H3. The Balaban J connectivity index is 0.000000671. The zero-order valence-corrected chi connectivity index (χ0v) is 7.32. The molecule has 72 valence electrons. The van der Waals surface area contributed by atoms with Crippen molar-refractivity contribution in [3.05, 3.63) is 34.1 Å². The minimum Gasteiger partial charge on any atom is -0.505 e. The van der Waals surface area contributed by atoms with Crippen LogP contribution in [0.5, 0.6) is 5.75 Å². The first-order chi connectivity index (χ1) is 6.11. The van der Waals surface area contributed by atoms with Crippen molar-refractivity contribution in [2.75, 3.05) is 0 Å². The van der Waals surface area contributed by atoms with Crippen molar-refractivity contribution in [1.82, 2.24) is 0 Å². The number of nitro benzene ring substituents is 1. The van der Waals surface area contributed by atoms with Gasteiger partial charge in [0, 0.05) is 6.07 Å². The van der Waals surface area contributed by atoms with Gasteiger partial charge in [-0.2, -0.15) is 0 Å². The monoisotopic (exact) mass is 187 g/mol. The molecule has 0 aromatic heterocycles. The second kappa shape index (κ2) is 5.08. The average Bonchev–Trinajstić information content (AvgIpc) is 2.13. The molecule has 1 aromatic rings. The van der Waals surface area contributed by atoms with Crippen LogP contribution >= 0.6 is 0 Å². The second-order valence-corrected chi connectivity index (χ2v) is 1.89. The van der Waals surface area contributed by atoms with Crippen LogP contribution in [0, 0.1) is 15.9 Å². The molecule has 0 aliphatic carbocycles. The largest absolute Gasteiger partial charge is 0.505 e. The summed E-state index contributed by atoms with van der Waals surface area (Å²) in [6.45, 7) is 4.00. The molecule has 0 amide bonds. The fourth-order valence-corrected chi connectivity index (χ4v) is 0.615. The van der Waals surface area contributed by atoms with Gasteiger partial charge in [-0.1, -0.05) is 13.8 Å². The zero-order valence-electron chi connectivity index (χ0n) is 7.32. The zero-order chi connectivity index (χ0) is 10.4. The highest BCUT2D eigenvalue weighted by Gasteiger charge is 2.08. The maximum atomic E-state index is 12.3. The molecular weight excluding hydrogens is 177 g/mol. The molecule has 1 aromatic carbocycles. The van der Waals surface area contributed by atoms with E-state index in [4.69, 9.17) is 5.11 Å². The topological polar surface area (TPSA) is 63.4 Å². The van der Waals surface area contributed by atoms with Crippen LogP contribution in [0.25, 0.3) is 0 Å². The summed E-state index contributed by atoms with van der Waals surface area (Å²) in [5.41, 5.74) is -0.330. The summed E-state index contributed by atoms with van der Waals surface area (Å²) in [4.78, 5) is 9.33. The number of non-ortho nitro benzene ring substituents is 1. The molecule has 1 rings (SSSR count). The van der Waals surface area contributed by atoms with Gasteiger partial charge in [-0.05, 0) is 6.07 Å². The van der Waals surface area contributed by atoms with E-state index in [1.165, 1.54) is 0 Å². The van der Waals surface area contributed by atoms with Crippen molar-refractivity contribution in [3.8, 4) is 5.75 Å². The number of rotatable bonds is 1. The number of halogens is 1. The third-order valence-corrected chi connectivity index (χ3v) is 1.14. The molecule has 0 radical (unpaired) electrons. The molecule has 4 nitrogen and oxygen atoms in total. The Morgan fingerprint density at radius 2 is 2.00 bits per heavy atom. The van der Waals surface area contributed by atoms with Crippen molar-refractivity contribution < 1.29 is 14.4 Å². The maximum Gasteiger partial charge on any atom is 0.273 e. The van der Waals surface area contributed by atoms with E-state index >= 15 is 0 Å². The molecule has 13 heavy (non-hydrogen) atoms. The summed E-state index contributed by atoms with van der Waals surface area (Å²) in [7, 11) is 0. The molecule has 0 aliphatic heterocycles. The molecule has 0 aliphatic rings. The number of phenolic OH excluding ortho intramolecular Hbond substituents is 1. The first kappa shape index (κ1) is 11.4. The fourth-order valence-electron chi connectivity index (χ4n) is 0.615. The number of aromatic hydroxyl groups is 1. The van der Waals surface area contributed by atoms with Gasteiger partial charge in [0.2, 0.25) is 0 Å². The van der Waals surface area contributed by atoms with Crippen LogP contribution < -0.4 is 0 Å². The summed E-state index contributed by atoms with van der Waals surface area (Å²) in [6.07, 6.45) is 0. The normalized spacial score (nSPS) is 8.54. The number of nitrogens with zero attached hydrogens (tertiary/aromatic N) is 1. The number of phenols is 1. The highest BCUT2D eigenvalue weighted by molar-refractivity contribution is 5.38. The van der Waals surface area contributed by atoms with E-state index in [1.54, 1.807) is 0 Å².